The fourth-order valence-electron chi connectivity index (χ4n) is 0. The summed E-state index contributed by atoms with van der Waals surface area (Å²) in [6, 6.07) is 0. The molecule has 0 aromatic carbocycles. The molecule has 0 bridgehead atoms. The van der Waals surface area contributed by atoms with Crippen molar-refractivity contribution in [3.63, 3.8) is 0 Å². The van der Waals surface area contributed by atoms with Crippen LogP contribution in [0.2, 0.25) is 0 Å². The molecule has 0 amide bonds. The second-order valence-electron chi connectivity index (χ2n) is 2.68. The average molecular weight is 306 g/mol. The quantitative estimate of drug-likeness (QED) is 0.521. The normalized spacial score (nSPS) is 6.78. The molecule has 0 aromatic rings. The molecule has 0 aliphatic heterocycles. The molecule has 7 heteroatoms. The van der Waals surface area contributed by atoms with Crippen molar-refractivity contribution in [3.05, 3.63) is 37.0 Å². The third-order valence-electron chi connectivity index (χ3n) is 0.872. The van der Waals surface area contributed by atoms with Crippen molar-refractivity contribution in [2.24, 2.45) is 0 Å². The molecule has 0 aliphatic carbocycles. The van der Waals surface area contributed by atoms with Crippen LogP contribution in [0.15, 0.2) is 37.0 Å². The Morgan fingerprint density at radius 2 is 1.11 bits per heavy atom. The number of carbonyl (C=O) groups excluding carboxylic acids is 2. The van der Waals surface area contributed by atoms with Crippen molar-refractivity contribution in [1.29, 1.82) is 0 Å². The van der Waals surface area contributed by atoms with E-state index in [1.165, 1.54) is 13.8 Å². The second kappa shape index (κ2) is 15.1. The molecule has 18 heavy (non-hydrogen) atoms. The van der Waals surface area contributed by atoms with Gasteiger partial charge in [-0.1, -0.05) is 19.7 Å². The summed E-state index contributed by atoms with van der Waals surface area (Å²) in [6.45, 7) is 11.9. The van der Waals surface area contributed by atoms with Gasteiger partial charge in [0.25, 0.3) is 0 Å². The molecule has 0 saturated carbocycles. The van der Waals surface area contributed by atoms with Crippen molar-refractivity contribution >= 4 is 17.9 Å². The molecule has 0 aliphatic rings. The summed E-state index contributed by atoms with van der Waals surface area (Å²) in [5.41, 5.74) is 0.130. The molecule has 1 N–H and O–H groups in total. The van der Waals surface area contributed by atoms with E-state index in [0.29, 0.717) is 0 Å². The molecule has 0 unspecified atom stereocenters. The minimum Gasteiger partial charge on any atom is -0.545 e. The Hall–Kier alpha value is -1.85. The van der Waals surface area contributed by atoms with Gasteiger partial charge in [0.05, 0.1) is 11.9 Å². The van der Waals surface area contributed by atoms with Gasteiger partial charge in [-0.15, -0.1) is 0 Å². The Bertz CT molecular complexity index is 284. The van der Waals surface area contributed by atoms with E-state index < -0.39 is 17.9 Å². The monoisotopic (exact) mass is 305 g/mol. The Balaban J connectivity index is -0.0000000799. The molecular weight excluding hydrogens is 292 g/mol. The predicted octanol–water partition coefficient (Wildman–Crippen LogP) is -1.12. The van der Waals surface area contributed by atoms with E-state index in [1.807, 2.05) is 0 Å². The molecule has 105 valence electrons. The SMILES string of the molecule is C=C(C)C(=O)[O-].C=C(C)C(=O)[O-].C=CC(=O)O.[Cu+2]. The summed E-state index contributed by atoms with van der Waals surface area (Å²) in [7, 11) is 0. The van der Waals surface area contributed by atoms with Gasteiger partial charge in [-0.05, 0) is 25.0 Å². The topological polar surface area (TPSA) is 118 Å². The Labute approximate surface area is 116 Å². The van der Waals surface area contributed by atoms with Crippen LogP contribution in [0, 0.1) is 0 Å². The predicted molar refractivity (Wildman–Crippen MR) is 57.5 cm³/mol. The van der Waals surface area contributed by atoms with E-state index >= 15 is 0 Å². The summed E-state index contributed by atoms with van der Waals surface area (Å²) >= 11 is 0. The number of hydrogen-bond donors (Lipinski definition) is 1. The van der Waals surface area contributed by atoms with Crippen molar-refractivity contribution < 1.29 is 46.8 Å². The summed E-state index contributed by atoms with van der Waals surface area (Å²) < 4.78 is 0. The number of aliphatic carboxylic acids is 3. The summed E-state index contributed by atoms with van der Waals surface area (Å²) in [5.74, 6) is -3.35. The maximum atomic E-state index is 9.49. The van der Waals surface area contributed by atoms with E-state index in [2.05, 4.69) is 19.7 Å². The Morgan fingerprint density at radius 1 is 1.00 bits per heavy atom. The Kier molecular flexibility index (Phi) is 21.1. The van der Waals surface area contributed by atoms with Crippen molar-refractivity contribution in [2.45, 2.75) is 13.8 Å². The van der Waals surface area contributed by atoms with Gasteiger partial charge in [0.1, 0.15) is 0 Å². The van der Waals surface area contributed by atoms with E-state index in [-0.39, 0.29) is 28.2 Å². The van der Waals surface area contributed by atoms with Crippen LogP contribution in [0.25, 0.3) is 0 Å². The molecule has 0 heterocycles. The van der Waals surface area contributed by atoms with Crippen LogP contribution in [0.3, 0.4) is 0 Å². The molecule has 0 rings (SSSR count). The van der Waals surface area contributed by atoms with Gasteiger partial charge in [0.15, 0.2) is 0 Å². The van der Waals surface area contributed by atoms with E-state index in [0.717, 1.165) is 6.08 Å². The molecule has 0 spiro atoms. The van der Waals surface area contributed by atoms with Gasteiger partial charge in [-0.3, -0.25) is 0 Å². The zero-order valence-electron chi connectivity index (χ0n) is 9.99. The minimum atomic E-state index is -1.19. The molecule has 6 nitrogen and oxygen atoms in total. The molecule has 0 atom stereocenters. The first-order chi connectivity index (χ1) is 7.56. The van der Waals surface area contributed by atoms with E-state index in [9.17, 15) is 24.6 Å². The summed E-state index contributed by atoms with van der Waals surface area (Å²) in [5, 5.41) is 26.6. The molecule has 0 saturated heterocycles. The fourth-order valence-corrected chi connectivity index (χ4v) is 0. The van der Waals surface area contributed by atoms with Crippen LogP contribution in [0.4, 0.5) is 0 Å². The molecular formula is C11H14CuO6. The van der Waals surface area contributed by atoms with E-state index in [1.54, 1.807) is 0 Å². The fraction of sp³-hybridized carbons (Fsp3) is 0.182. The maximum absolute atomic E-state index is 9.49. The number of carboxylic acids is 3. The second-order valence-corrected chi connectivity index (χ2v) is 2.68. The first-order valence-corrected chi connectivity index (χ1v) is 4.15. The largest absolute Gasteiger partial charge is 2.00 e. The number of carbonyl (C=O) groups is 3. The summed E-state index contributed by atoms with van der Waals surface area (Å²) in [6.07, 6.45) is 0.833. The van der Waals surface area contributed by atoms with E-state index in [4.69, 9.17) is 5.11 Å². The van der Waals surface area contributed by atoms with Crippen molar-refractivity contribution in [2.75, 3.05) is 0 Å². The van der Waals surface area contributed by atoms with Crippen LogP contribution in [-0.2, 0) is 31.5 Å². The van der Waals surface area contributed by atoms with Crippen molar-refractivity contribution in [1.82, 2.24) is 0 Å². The molecule has 0 aromatic heterocycles. The first-order valence-electron chi connectivity index (χ1n) is 4.15. The third kappa shape index (κ3) is 36.8. The number of rotatable bonds is 3. The zero-order valence-corrected chi connectivity index (χ0v) is 10.9. The van der Waals surface area contributed by atoms with Crippen LogP contribution >= 0.6 is 0 Å². The smallest absolute Gasteiger partial charge is 0.545 e. The van der Waals surface area contributed by atoms with Gasteiger partial charge in [-0.25, -0.2) is 4.79 Å². The van der Waals surface area contributed by atoms with Gasteiger partial charge in [0.2, 0.25) is 0 Å². The van der Waals surface area contributed by atoms with Gasteiger partial charge >= 0.3 is 23.0 Å². The zero-order chi connectivity index (χ0) is 14.6. The van der Waals surface area contributed by atoms with Gasteiger partial charge in [-0.2, -0.15) is 0 Å². The number of hydrogen-bond acceptors (Lipinski definition) is 5. The maximum Gasteiger partial charge on any atom is 2.00 e. The number of carboxylic acid groups (broad SMARTS) is 3. The first kappa shape index (κ1) is 25.1. The van der Waals surface area contributed by atoms with Crippen LogP contribution in [0.1, 0.15) is 13.8 Å². The standard InChI is InChI=1S/2C4H6O2.C3H4O2.Cu/c2*1-3(2)4(5)6;1-2-3(4)5;/h2*1H2,2H3,(H,5,6);2H,1H2,(H,4,5);/q;;;+2/p-2. The van der Waals surface area contributed by atoms with Gasteiger partial charge < -0.3 is 24.9 Å². The molecule has 1 radical (unpaired) electrons. The third-order valence-corrected chi connectivity index (χ3v) is 0.872. The Morgan fingerprint density at radius 3 is 1.11 bits per heavy atom. The van der Waals surface area contributed by atoms with Gasteiger partial charge in [0, 0.05) is 6.08 Å². The van der Waals surface area contributed by atoms with Crippen LogP contribution in [-0.4, -0.2) is 23.0 Å². The minimum absolute atomic E-state index is 0. The molecule has 0 fully saturated rings. The van der Waals surface area contributed by atoms with Crippen LogP contribution in [0.5, 0.6) is 0 Å². The van der Waals surface area contributed by atoms with Crippen molar-refractivity contribution in [3.8, 4) is 0 Å². The average Bonchev–Trinajstić information content (AvgIpc) is 2.19. The van der Waals surface area contributed by atoms with Crippen LogP contribution < -0.4 is 10.2 Å². The summed E-state index contributed by atoms with van der Waals surface area (Å²) in [4.78, 5) is 28.2.